The number of carbonyl (C=O) groups excluding carboxylic acids is 1. The summed E-state index contributed by atoms with van der Waals surface area (Å²) in [5.74, 6) is 0.466. The third-order valence-corrected chi connectivity index (χ3v) is 2.85. The van der Waals surface area contributed by atoms with Gasteiger partial charge in [-0.3, -0.25) is 4.79 Å². The summed E-state index contributed by atoms with van der Waals surface area (Å²) in [5, 5.41) is 3.03. The molecule has 1 amide bonds. The molecule has 1 aliphatic rings. The smallest absolute Gasteiger partial charge is 0.224 e. The van der Waals surface area contributed by atoms with Gasteiger partial charge in [-0.25, -0.2) is 0 Å². The third kappa shape index (κ3) is 2.69. The van der Waals surface area contributed by atoms with Gasteiger partial charge in [-0.05, 0) is 25.2 Å². The monoisotopic (exact) mass is 184 g/mol. The largest absolute Gasteiger partial charge is 0.353 e. The first-order valence-corrected chi connectivity index (χ1v) is 5.15. The van der Waals surface area contributed by atoms with E-state index in [4.69, 9.17) is 5.73 Å². The highest BCUT2D eigenvalue weighted by molar-refractivity contribution is 5.79. The van der Waals surface area contributed by atoms with Crippen molar-refractivity contribution < 1.29 is 4.79 Å². The fraction of sp³-hybridized carbons (Fsp3) is 0.900. The predicted octanol–water partition coefficient (Wildman–Crippen LogP) is 0.886. The van der Waals surface area contributed by atoms with E-state index >= 15 is 0 Å². The molecule has 0 aromatic carbocycles. The van der Waals surface area contributed by atoms with Crippen LogP contribution in [0.25, 0.3) is 0 Å². The Morgan fingerprint density at radius 2 is 2.15 bits per heavy atom. The second-order valence-electron chi connectivity index (χ2n) is 4.22. The standard InChI is InChI=1S/C10H20N2O/c1-7(2)9(6-11)10(13)12-8-4-3-5-8/h7-9H,3-6,11H2,1-2H3,(H,12,13). The first-order valence-electron chi connectivity index (χ1n) is 5.15. The van der Waals surface area contributed by atoms with E-state index in [0.29, 0.717) is 18.5 Å². The highest BCUT2D eigenvalue weighted by Crippen LogP contribution is 2.19. The van der Waals surface area contributed by atoms with Crippen LogP contribution in [0, 0.1) is 11.8 Å². The number of hydrogen-bond acceptors (Lipinski definition) is 2. The van der Waals surface area contributed by atoms with Gasteiger partial charge in [0.05, 0.1) is 5.92 Å². The Morgan fingerprint density at radius 1 is 1.54 bits per heavy atom. The molecule has 3 heteroatoms. The predicted molar refractivity (Wildman–Crippen MR) is 53.2 cm³/mol. The molecule has 0 aromatic heterocycles. The number of nitrogens with two attached hydrogens (primary N) is 1. The minimum atomic E-state index is -0.0133. The van der Waals surface area contributed by atoms with Crippen LogP contribution in [0.5, 0.6) is 0 Å². The van der Waals surface area contributed by atoms with Gasteiger partial charge in [0, 0.05) is 12.6 Å². The molecule has 1 saturated carbocycles. The van der Waals surface area contributed by atoms with Crippen molar-refractivity contribution in [2.24, 2.45) is 17.6 Å². The van der Waals surface area contributed by atoms with Crippen LogP contribution in [0.2, 0.25) is 0 Å². The van der Waals surface area contributed by atoms with Gasteiger partial charge < -0.3 is 11.1 Å². The SMILES string of the molecule is CC(C)C(CN)C(=O)NC1CCC1. The van der Waals surface area contributed by atoms with Crippen molar-refractivity contribution in [3.05, 3.63) is 0 Å². The summed E-state index contributed by atoms with van der Waals surface area (Å²) in [6.45, 7) is 4.53. The lowest BCUT2D eigenvalue weighted by Gasteiger charge is -2.29. The second-order valence-corrected chi connectivity index (χ2v) is 4.22. The minimum absolute atomic E-state index is 0.0133. The molecule has 0 spiro atoms. The summed E-state index contributed by atoms with van der Waals surface area (Å²) in [6.07, 6.45) is 3.53. The highest BCUT2D eigenvalue weighted by atomic mass is 16.2. The van der Waals surface area contributed by atoms with Gasteiger partial charge in [0.2, 0.25) is 5.91 Å². The molecule has 1 atom stereocenters. The highest BCUT2D eigenvalue weighted by Gasteiger charge is 2.25. The van der Waals surface area contributed by atoms with Gasteiger partial charge in [0.1, 0.15) is 0 Å². The van der Waals surface area contributed by atoms with Crippen LogP contribution in [0.4, 0.5) is 0 Å². The van der Waals surface area contributed by atoms with Crippen LogP contribution in [-0.4, -0.2) is 18.5 Å². The van der Waals surface area contributed by atoms with Crippen LogP contribution in [-0.2, 0) is 4.79 Å². The quantitative estimate of drug-likeness (QED) is 0.681. The average Bonchev–Trinajstić information content (AvgIpc) is 1.97. The Morgan fingerprint density at radius 3 is 2.46 bits per heavy atom. The van der Waals surface area contributed by atoms with Crippen LogP contribution in [0.15, 0.2) is 0 Å². The normalized spacial score (nSPS) is 19.7. The van der Waals surface area contributed by atoms with Crippen molar-refractivity contribution in [2.45, 2.75) is 39.2 Å². The maximum atomic E-state index is 11.6. The second kappa shape index (κ2) is 4.61. The molecular weight excluding hydrogens is 164 g/mol. The molecule has 1 aliphatic carbocycles. The first-order chi connectivity index (χ1) is 6.15. The molecule has 76 valence electrons. The first kappa shape index (κ1) is 10.5. The summed E-state index contributed by atoms with van der Waals surface area (Å²) in [4.78, 5) is 11.6. The van der Waals surface area contributed by atoms with Gasteiger partial charge in [0.15, 0.2) is 0 Å². The average molecular weight is 184 g/mol. The Labute approximate surface area is 80.1 Å². The fourth-order valence-electron chi connectivity index (χ4n) is 1.54. The van der Waals surface area contributed by atoms with Crippen molar-refractivity contribution in [1.82, 2.24) is 5.32 Å². The van der Waals surface area contributed by atoms with E-state index in [-0.39, 0.29) is 11.8 Å². The molecule has 1 rings (SSSR count). The summed E-state index contributed by atoms with van der Waals surface area (Å²) >= 11 is 0. The van der Waals surface area contributed by atoms with Gasteiger partial charge in [-0.15, -0.1) is 0 Å². The number of nitrogens with one attached hydrogen (secondary N) is 1. The Balaban J connectivity index is 2.34. The summed E-state index contributed by atoms with van der Waals surface area (Å²) in [7, 11) is 0. The van der Waals surface area contributed by atoms with Gasteiger partial charge in [-0.2, -0.15) is 0 Å². The molecule has 0 aromatic rings. The Hall–Kier alpha value is -0.570. The molecule has 3 N–H and O–H groups in total. The molecule has 0 heterocycles. The zero-order chi connectivity index (χ0) is 9.84. The number of hydrogen-bond donors (Lipinski definition) is 2. The van der Waals surface area contributed by atoms with E-state index in [0.717, 1.165) is 12.8 Å². The van der Waals surface area contributed by atoms with E-state index in [1.165, 1.54) is 6.42 Å². The molecule has 3 nitrogen and oxygen atoms in total. The zero-order valence-electron chi connectivity index (χ0n) is 8.55. The van der Waals surface area contributed by atoms with Crippen LogP contribution < -0.4 is 11.1 Å². The lowest BCUT2D eigenvalue weighted by Crippen LogP contribution is -2.45. The topological polar surface area (TPSA) is 55.1 Å². The molecule has 0 saturated heterocycles. The van der Waals surface area contributed by atoms with Crippen molar-refractivity contribution >= 4 is 5.91 Å². The van der Waals surface area contributed by atoms with E-state index in [2.05, 4.69) is 5.32 Å². The van der Waals surface area contributed by atoms with Gasteiger partial charge >= 0.3 is 0 Å². The summed E-state index contributed by atoms with van der Waals surface area (Å²) in [5.41, 5.74) is 5.55. The van der Waals surface area contributed by atoms with Gasteiger partial charge in [-0.1, -0.05) is 13.8 Å². The van der Waals surface area contributed by atoms with E-state index in [1.54, 1.807) is 0 Å². The summed E-state index contributed by atoms with van der Waals surface area (Å²) in [6, 6.07) is 0.431. The van der Waals surface area contributed by atoms with Crippen LogP contribution >= 0.6 is 0 Å². The van der Waals surface area contributed by atoms with E-state index < -0.39 is 0 Å². The number of rotatable bonds is 4. The Bertz CT molecular complexity index is 176. The van der Waals surface area contributed by atoms with Crippen molar-refractivity contribution in [3.8, 4) is 0 Å². The number of amides is 1. The fourth-order valence-corrected chi connectivity index (χ4v) is 1.54. The lowest BCUT2D eigenvalue weighted by atomic mass is 9.90. The van der Waals surface area contributed by atoms with Crippen molar-refractivity contribution in [1.29, 1.82) is 0 Å². The molecule has 0 bridgehead atoms. The molecule has 0 radical (unpaired) electrons. The molecule has 1 fully saturated rings. The van der Waals surface area contributed by atoms with Gasteiger partial charge in [0.25, 0.3) is 0 Å². The van der Waals surface area contributed by atoms with E-state index in [9.17, 15) is 4.79 Å². The van der Waals surface area contributed by atoms with Crippen LogP contribution in [0.1, 0.15) is 33.1 Å². The van der Waals surface area contributed by atoms with E-state index in [1.807, 2.05) is 13.8 Å². The molecule has 13 heavy (non-hydrogen) atoms. The molecule has 0 aliphatic heterocycles. The third-order valence-electron chi connectivity index (χ3n) is 2.85. The van der Waals surface area contributed by atoms with Crippen LogP contribution in [0.3, 0.4) is 0 Å². The maximum Gasteiger partial charge on any atom is 0.224 e. The Kier molecular flexibility index (Phi) is 3.72. The molecular formula is C10H20N2O. The van der Waals surface area contributed by atoms with Crippen molar-refractivity contribution in [2.75, 3.05) is 6.54 Å². The number of carbonyl (C=O) groups is 1. The van der Waals surface area contributed by atoms with Crippen molar-refractivity contribution in [3.63, 3.8) is 0 Å². The molecule has 1 unspecified atom stereocenters. The maximum absolute atomic E-state index is 11.6. The zero-order valence-corrected chi connectivity index (χ0v) is 8.55. The lowest BCUT2D eigenvalue weighted by molar-refractivity contribution is -0.127. The summed E-state index contributed by atoms with van der Waals surface area (Å²) < 4.78 is 0. The minimum Gasteiger partial charge on any atom is -0.353 e.